The van der Waals surface area contributed by atoms with Crippen molar-refractivity contribution in [2.45, 2.75) is 25.3 Å². The average Bonchev–Trinajstić information content (AvgIpc) is 3.29. The van der Waals surface area contributed by atoms with Gasteiger partial charge in [0.05, 0.1) is 5.39 Å². The minimum Gasteiger partial charge on any atom is -0.396 e. The Balaban J connectivity index is 1.62. The minimum atomic E-state index is -0.186. The van der Waals surface area contributed by atoms with Crippen LogP contribution in [0.3, 0.4) is 0 Å². The number of aliphatic hydroxyl groups excluding tert-OH is 1. The molecule has 0 bridgehead atoms. The van der Waals surface area contributed by atoms with Crippen molar-refractivity contribution >= 4 is 22.8 Å². The third kappa shape index (κ3) is 3.00. The van der Waals surface area contributed by atoms with E-state index in [2.05, 4.69) is 19.9 Å². The van der Waals surface area contributed by atoms with Crippen LogP contribution in [0, 0.1) is 5.92 Å². The lowest BCUT2D eigenvalue weighted by atomic mass is 10.1. The number of anilines is 1. The van der Waals surface area contributed by atoms with E-state index in [-0.39, 0.29) is 12.5 Å². The summed E-state index contributed by atoms with van der Waals surface area (Å²) >= 11 is 0. The maximum Gasteiger partial charge on any atom is 0.256 e. The van der Waals surface area contributed by atoms with Gasteiger partial charge in [0.2, 0.25) is 0 Å². The zero-order valence-electron chi connectivity index (χ0n) is 13.8. The fourth-order valence-corrected chi connectivity index (χ4v) is 3.60. The van der Waals surface area contributed by atoms with Crippen molar-refractivity contribution in [1.82, 2.24) is 14.5 Å². The number of aliphatic hydroxyl groups is 1. The summed E-state index contributed by atoms with van der Waals surface area (Å²) in [6.45, 7) is 0.239. The molecule has 0 spiro atoms. The summed E-state index contributed by atoms with van der Waals surface area (Å²) in [6.07, 6.45) is 6.50. The van der Waals surface area contributed by atoms with E-state index in [1.807, 2.05) is 30.5 Å². The van der Waals surface area contributed by atoms with Gasteiger partial charge >= 0.3 is 0 Å². The molecule has 0 aliphatic heterocycles. The molecule has 1 fully saturated rings. The summed E-state index contributed by atoms with van der Waals surface area (Å²) in [5.74, 6) is 0.699. The summed E-state index contributed by atoms with van der Waals surface area (Å²) < 4.78 is 2.14. The van der Waals surface area contributed by atoms with Gasteiger partial charge in [0.15, 0.2) is 0 Å². The van der Waals surface area contributed by atoms with Crippen molar-refractivity contribution in [3.05, 3.63) is 54.5 Å². The highest BCUT2D eigenvalue weighted by molar-refractivity contribution is 6.07. The number of nitrogens with zero attached hydrogens (tertiary/aromatic N) is 3. The highest BCUT2D eigenvalue weighted by atomic mass is 16.3. The largest absolute Gasteiger partial charge is 0.396 e. The Hall–Kier alpha value is -2.73. The normalized spacial score (nSPS) is 20.0. The van der Waals surface area contributed by atoms with Gasteiger partial charge in [-0.25, -0.2) is 9.97 Å². The average molecular weight is 336 g/mol. The number of hydrogen-bond acceptors (Lipinski definition) is 4. The quantitative estimate of drug-likeness (QED) is 0.767. The highest BCUT2D eigenvalue weighted by Gasteiger charge is 2.26. The molecule has 0 radical (unpaired) electrons. The van der Waals surface area contributed by atoms with Crippen LogP contribution < -0.4 is 5.32 Å². The smallest absolute Gasteiger partial charge is 0.256 e. The molecule has 2 N–H and O–H groups in total. The number of rotatable bonds is 4. The van der Waals surface area contributed by atoms with Gasteiger partial charge in [0, 0.05) is 24.4 Å². The zero-order chi connectivity index (χ0) is 17.2. The molecule has 128 valence electrons. The van der Waals surface area contributed by atoms with E-state index in [4.69, 9.17) is 0 Å². The molecule has 1 saturated carbocycles. The number of nitrogens with one attached hydrogen (secondary N) is 1. The predicted molar refractivity (Wildman–Crippen MR) is 95.4 cm³/mol. The lowest BCUT2D eigenvalue weighted by Crippen LogP contribution is -2.13. The van der Waals surface area contributed by atoms with Crippen LogP contribution in [0.15, 0.2) is 48.9 Å². The molecule has 6 heteroatoms. The first-order chi connectivity index (χ1) is 12.3. The van der Waals surface area contributed by atoms with E-state index in [0.29, 0.717) is 23.3 Å². The van der Waals surface area contributed by atoms with Crippen LogP contribution >= 0.6 is 0 Å². The standard InChI is InChI=1S/C19H20N4O2/c24-11-13-6-7-15(10-13)23-9-8-16-17(20-12-21-18(16)23)22-19(25)14-4-2-1-3-5-14/h1-5,8-9,12-13,15,24H,6-7,10-11H2,(H,20,21,22,25). The first-order valence-electron chi connectivity index (χ1n) is 8.55. The van der Waals surface area contributed by atoms with Crippen LogP contribution in [-0.4, -0.2) is 32.2 Å². The number of aromatic nitrogens is 3. The fraction of sp³-hybridized carbons (Fsp3) is 0.316. The van der Waals surface area contributed by atoms with Crippen molar-refractivity contribution in [3.63, 3.8) is 0 Å². The van der Waals surface area contributed by atoms with Gasteiger partial charge < -0.3 is 15.0 Å². The number of hydrogen-bond donors (Lipinski definition) is 2. The molecule has 25 heavy (non-hydrogen) atoms. The summed E-state index contributed by atoms with van der Waals surface area (Å²) in [5.41, 5.74) is 1.41. The molecule has 0 saturated heterocycles. The third-order valence-corrected chi connectivity index (χ3v) is 4.94. The summed E-state index contributed by atoms with van der Waals surface area (Å²) in [7, 11) is 0. The molecule has 3 aromatic rings. The van der Waals surface area contributed by atoms with Crippen LogP contribution in [0.4, 0.5) is 5.82 Å². The monoisotopic (exact) mass is 336 g/mol. The molecule has 2 unspecified atom stereocenters. The van der Waals surface area contributed by atoms with Gasteiger partial charge in [-0.05, 0) is 43.4 Å². The first-order valence-corrected chi connectivity index (χ1v) is 8.55. The van der Waals surface area contributed by atoms with Gasteiger partial charge in [-0.3, -0.25) is 4.79 Å². The predicted octanol–water partition coefficient (Wildman–Crippen LogP) is 3.02. The molecule has 1 aromatic carbocycles. The molecular weight excluding hydrogens is 316 g/mol. The van der Waals surface area contributed by atoms with E-state index >= 15 is 0 Å². The second-order valence-corrected chi connectivity index (χ2v) is 6.52. The van der Waals surface area contributed by atoms with Crippen LogP contribution in [0.2, 0.25) is 0 Å². The molecule has 1 aliphatic rings. The van der Waals surface area contributed by atoms with E-state index in [0.717, 1.165) is 30.3 Å². The lowest BCUT2D eigenvalue weighted by Gasteiger charge is -2.14. The second kappa shape index (κ2) is 6.64. The fourth-order valence-electron chi connectivity index (χ4n) is 3.60. The maximum atomic E-state index is 12.4. The minimum absolute atomic E-state index is 0.186. The Bertz CT molecular complexity index is 891. The number of carbonyl (C=O) groups is 1. The van der Waals surface area contributed by atoms with Gasteiger partial charge in [-0.2, -0.15) is 0 Å². The molecule has 2 atom stereocenters. The Kier molecular flexibility index (Phi) is 4.19. The van der Waals surface area contributed by atoms with Crippen LogP contribution in [0.25, 0.3) is 11.0 Å². The molecule has 1 amide bonds. The van der Waals surface area contributed by atoms with Crippen molar-refractivity contribution in [3.8, 4) is 0 Å². The second-order valence-electron chi connectivity index (χ2n) is 6.52. The summed E-state index contributed by atoms with van der Waals surface area (Å²) in [6, 6.07) is 11.4. The maximum absolute atomic E-state index is 12.4. The Morgan fingerprint density at radius 1 is 1.20 bits per heavy atom. The van der Waals surface area contributed by atoms with Crippen LogP contribution in [0.1, 0.15) is 35.7 Å². The SMILES string of the molecule is O=C(Nc1ncnc2c1ccn2C1CCC(CO)C1)c1ccccc1. The van der Waals surface area contributed by atoms with Crippen molar-refractivity contribution in [2.75, 3.05) is 11.9 Å². The first kappa shape index (κ1) is 15.8. The van der Waals surface area contributed by atoms with E-state index in [1.54, 1.807) is 12.1 Å². The number of carbonyl (C=O) groups excluding carboxylic acids is 1. The number of fused-ring (bicyclic) bond motifs is 1. The Morgan fingerprint density at radius 2 is 2.04 bits per heavy atom. The number of benzene rings is 1. The van der Waals surface area contributed by atoms with E-state index < -0.39 is 0 Å². The van der Waals surface area contributed by atoms with E-state index in [9.17, 15) is 9.90 Å². The number of amides is 1. The van der Waals surface area contributed by atoms with Crippen molar-refractivity contribution in [2.24, 2.45) is 5.92 Å². The summed E-state index contributed by atoms with van der Waals surface area (Å²) in [4.78, 5) is 21.1. The van der Waals surface area contributed by atoms with E-state index in [1.165, 1.54) is 6.33 Å². The third-order valence-electron chi connectivity index (χ3n) is 4.94. The van der Waals surface area contributed by atoms with Gasteiger partial charge in [0.25, 0.3) is 5.91 Å². The van der Waals surface area contributed by atoms with Gasteiger partial charge in [-0.15, -0.1) is 0 Å². The molecular formula is C19H20N4O2. The highest BCUT2D eigenvalue weighted by Crippen LogP contribution is 2.36. The molecule has 1 aliphatic carbocycles. The molecule has 6 nitrogen and oxygen atoms in total. The Morgan fingerprint density at radius 3 is 2.80 bits per heavy atom. The molecule has 4 rings (SSSR count). The van der Waals surface area contributed by atoms with Crippen molar-refractivity contribution < 1.29 is 9.90 Å². The van der Waals surface area contributed by atoms with Crippen LogP contribution in [-0.2, 0) is 0 Å². The lowest BCUT2D eigenvalue weighted by molar-refractivity contribution is 0.102. The van der Waals surface area contributed by atoms with Crippen LogP contribution in [0.5, 0.6) is 0 Å². The zero-order valence-corrected chi connectivity index (χ0v) is 13.8. The van der Waals surface area contributed by atoms with Gasteiger partial charge in [-0.1, -0.05) is 18.2 Å². The molecule has 2 aromatic heterocycles. The Labute approximate surface area is 145 Å². The van der Waals surface area contributed by atoms with Crippen molar-refractivity contribution in [1.29, 1.82) is 0 Å². The molecule has 2 heterocycles. The van der Waals surface area contributed by atoms with Gasteiger partial charge in [0.1, 0.15) is 17.8 Å². The topological polar surface area (TPSA) is 80.0 Å². The summed E-state index contributed by atoms with van der Waals surface area (Å²) in [5, 5.41) is 13.1.